The minimum atomic E-state index is -0.305. The van der Waals surface area contributed by atoms with Crippen LogP contribution in [0.3, 0.4) is 0 Å². The SMILES string of the molecule is CC1CN(C(=O)Cn2cnc3c(cnn3-c3cccc(Cl)c3)c2=O)CC(C)O1. The Bertz CT molecular complexity index is 1080. The van der Waals surface area contributed by atoms with Crippen molar-refractivity contribution in [1.82, 2.24) is 24.2 Å². The Kier molecular flexibility index (Phi) is 4.91. The molecule has 2 unspecified atom stereocenters. The van der Waals surface area contributed by atoms with E-state index in [1.165, 1.54) is 17.1 Å². The second-order valence-corrected chi connectivity index (χ2v) is 7.44. The van der Waals surface area contributed by atoms with Gasteiger partial charge in [-0.3, -0.25) is 14.2 Å². The third kappa shape index (κ3) is 3.53. The Morgan fingerprint density at radius 3 is 2.75 bits per heavy atom. The maximum atomic E-state index is 12.8. The summed E-state index contributed by atoms with van der Waals surface area (Å²) in [6.45, 7) is 4.82. The second kappa shape index (κ2) is 7.37. The first kappa shape index (κ1) is 18.6. The third-order valence-corrected chi connectivity index (χ3v) is 4.92. The average Bonchev–Trinajstić information content (AvgIpc) is 3.08. The summed E-state index contributed by atoms with van der Waals surface area (Å²) in [6, 6.07) is 7.13. The third-order valence-electron chi connectivity index (χ3n) is 4.69. The van der Waals surface area contributed by atoms with E-state index in [0.29, 0.717) is 34.8 Å². The maximum Gasteiger partial charge on any atom is 0.264 e. The Balaban J connectivity index is 1.62. The molecule has 1 aliphatic heterocycles. The first-order valence-electron chi connectivity index (χ1n) is 9.04. The van der Waals surface area contributed by atoms with E-state index in [4.69, 9.17) is 16.3 Å². The van der Waals surface area contributed by atoms with Crippen molar-refractivity contribution in [2.24, 2.45) is 0 Å². The molecule has 0 saturated carbocycles. The molecule has 2 atom stereocenters. The quantitative estimate of drug-likeness (QED) is 0.669. The van der Waals surface area contributed by atoms with Crippen LogP contribution in [0.5, 0.6) is 0 Å². The number of hydrogen-bond donors (Lipinski definition) is 0. The lowest BCUT2D eigenvalue weighted by Crippen LogP contribution is -2.49. The van der Waals surface area contributed by atoms with Gasteiger partial charge in [0.15, 0.2) is 5.65 Å². The standard InChI is InChI=1S/C19H20ClN5O3/c1-12-8-23(9-13(2)28-12)17(26)10-24-11-21-18-16(19(24)27)7-22-25(18)15-5-3-4-14(20)6-15/h3-7,11-13H,8-10H2,1-2H3. The van der Waals surface area contributed by atoms with Crippen LogP contribution in [-0.2, 0) is 16.1 Å². The van der Waals surface area contributed by atoms with Crippen LogP contribution in [-0.4, -0.2) is 55.4 Å². The first-order chi connectivity index (χ1) is 13.4. The molecule has 8 nitrogen and oxygen atoms in total. The molecule has 1 amide bonds. The smallest absolute Gasteiger partial charge is 0.264 e. The van der Waals surface area contributed by atoms with Gasteiger partial charge in [0.1, 0.15) is 18.3 Å². The van der Waals surface area contributed by atoms with E-state index in [0.717, 1.165) is 0 Å². The number of carbonyl (C=O) groups is 1. The number of carbonyl (C=O) groups excluding carboxylic acids is 1. The van der Waals surface area contributed by atoms with Gasteiger partial charge < -0.3 is 9.64 Å². The summed E-state index contributed by atoms with van der Waals surface area (Å²) in [5.41, 5.74) is 0.824. The predicted octanol–water partition coefficient (Wildman–Crippen LogP) is 1.87. The van der Waals surface area contributed by atoms with Crippen LogP contribution >= 0.6 is 11.6 Å². The average molecular weight is 402 g/mol. The predicted molar refractivity (Wildman–Crippen MR) is 105 cm³/mol. The summed E-state index contributed by atoms with van der Waals surface area (Å²) in [4.78, 5) is 31.6. The Hall–Kier alpha value is -2.71. The van der Waals surface area contributed by atoms with Crippen LogP contribution in [0.4, 0.5) is 0 Å². The number of aromatic nitrogens is 4. The Morgan fingerprint density at radius 1 is 1.29 bits per heavy atom. The van der Waals surface area contributed by atoms with Crippen LogP contribution < -0.4 is 5.56 Å². The molecule has 2 aromatic heterocycles. The molecule has 28 heavy (non-hydrogen) atoms. The summed E-state index contributed by atoms with van der Waals surface area (Å²) in [5.74, 6) is -0.132. The summed E-state index contributed by atoms with van der Waals surface area (Å²) < 4.78 is 8.53. The van der Waals surface area contributed by atoms with Crippen LogP contribution in [0.25, 0.3) is 16.7 Å². The number of nitrogens with zero attached hydrogens (tertiary/aromatic N) is 5. The molecule has 3 aromatic rings. The van der Waals surface area contributed by atoms with Gasteiger partial charge in [-0.25, -0.2) is 9.67 Å². The zero-order chi connectivity index (χ0) is 19.8. The van der Waals surface area contributed by atoms with Gasteiger partial charge in [-0.1, -0.05) is 17.7 Å². The Labute approximate surface area is 166 Å². The zero-order valence-electron chi connectivity index (χ0n) is 15.6. The topological polar surface area (TPSA) is 82.3 Å². The number of halogens is 1. The molecule has 3 heterocycles. The molecule has 1 aromatic carbocycles. The molecule has 1 saturated heterocycles. The van der Waals surface area contributed by atoms with E-state index in [9.17, 15) is 9.59 Å². The molecular formula is C19H20ClN5O3. The van der Waals surface area contributed by atoms with Crippen molar-refractivity contribution in [3.8, 4) is 5.69 Å². The van der Waals surface area contributed by atoms with E-state index >= 15 is 0 Å². The van der Waals surface area contributed by atoms with Crippen LogP contribution in [0, 0.1) is 0 Å². The largest absolute Gasteiger partial charge is 0.372 e. The number of morpholine rings is 1. The summed E-state index contributed by atoms with van der Waals surface area (Å²) >= 11 is 6.04. The zero-order valence-corrected chi connectivity index (χ0v) is 16.3. The Morgan fingerprint density at radius 2 is 2.04 bits per heavy atom. The van der Waals surface area contributed by atoms with Gasteiger partial charge in [-0.05, 0) is 32.0 Å². The van der Waals surface area contributed by atoms with Gasteiger partial charge >= 0.3 is 0 Å². The molecule has 0 bridgehead atoms. The number of fused-ring (bicyclic) bond motifs is 1. The number of hydrogen-bond acceptors (Lipinski definition) is 5. The number of ether oxygens (including phenoxy) is 1. The summed E-state index contributed by atoms with van der Waals surface area (Å²) in [5, 5.41) is 5.18. The van der Waals surface area contributed by atoms with Gasteiger partial charge in [-0.15, -0.1) is 0 Å². The van der Waals surface area contributed by atoms with Crippen LogP contribution in [0.1, 0.15) is 13.8 Å². The molecule has 9 heteroatoms. The van der Waals surface area contributed by atoms with Crippen molar-refractivity contribution < 1.29 is 9.53 Å². The highest BCUT2D eigenvalue weighted by Crippen LogP contribution is 2.17. The molecule has 1 fully saturated rings. The molecule has 0 spiro atoms. The van der Waals surface area contributed by atoms with E-state index in [1.54, 1.807) is 27.8 Å². The van der Waals surface area contributed by atoms with Crippen molar-refractivity contribution in [2.45, 2.75) is 32.6 Å². The second-order valence-electron chi connectivity index (χ2n) is 7.01. The fraction of sp³-hybridized carbons (Fsp3) is 0.368. The van der Waals surface area contributed by atoms with E-state index < -0.39 is 0 Å². The van der Waals surface area contributed by atoms with Gasteiger partial charge in [-0.2, -0.15) is 5.10 Å². The highest BCUT2D eigenvalue weighted by atomic mass is 35.5. The maximum absolute atomic E-state index is 12.8. The monoisotopic (exact) mass is 401 g/mol. The minimum Gasteiger partial charge on any atom is -0.372 e. The van der Waals surface area contributed by atoms with Crippen molar-refractivity contribution >= 4 is 28.5 Å². The molecule has 4 rings (SSSR count). The van der Waals surface area contributed by atoms with Gasteiger partial charge in [0.2, 0.25) is 5.91 Å². The molecule has 0 aliphatic carbocycles. The summed E-state index contributed by atoms with van der Waals surface area (Å²) in [6.07, 6.45) is 2.80. The van der Waals surface area contributed by atoms with Gasteiger partial charge in [0.25, 0.3) is 5.56 Å². The van der Waals surface area contributed by atoms with Crippen LogP contribution in [0.2, 0.25) is 5.02 Å². The fourth-order valence-corrected chi connectivity index (χ4v) is 3.67. The van der Waals surface area contributed by atoms with Crippen molar-refractivity contribution in [1.29, 1.82) is 0 Å². The minimum absolute atomic E-state index is 0.0269. The first-order valence-corrected chi connectivity index (χ1v) is 9.42. The van der Waals surface area contributed by atoms with E-state index in [1.807, 2.05) is 19.9 Å². The highest BCUT2D eigenvalue weighted by molar-refractivity contribution is 6.30. The number of benzene rings is 1. The van der Waals surface area contributed by atoms with Gasteiger partial charge in [0, 0.05) is 18.1 Å². The molecular weight excluding hydrogens is 382 g/mol. The van der Waals surface area contributed by atoms with Crippen LogP contribution in [0.15, 0.2) is 41.6 Å². The lowest BCUT2D eigenvalue weighted by molar-refractivity contribution is -0.143. The van der Waals surface area contributed by atoms with Crippen molar-refractivity contribution in [2.75, 3.05) is 13.1 Å². The molecule has 0 radical (unpaired) electrons. The highest BCUT2D eigenvalue weighted by Gasteiger charge is 2.26. The fourth-order valence-electron chi connectivity index (χ4n) is 3.49. The van der Waals surface area contributed by atoms with E-state index in [2.05, 4.69) is 10.1 Å². The lowest BCUT2D eigenvalue weighted by Gasteiger charge is -2.35. The van der Waals surface area contributed by atoms with Gasteiger partial charge in [0.05, 0.1) is 24.1 Å². The molecule has 1 aliphatic rings. The lowest BCUT2D eigenvalue weighted by atomic mass is 10.2. The molecule has 0 N–H and O–H groups in total. The van der Waals surface area contributed by atoms with Crippen molar-refractivity contribution in [3.05, 3.63) is 52.2 Å². The normalized spacial score (nSPS) is 19.9. The number of amides is 1. The molecule has 146 valence electrons. The van der Waals surface area contributed by atoms with E-state index in [-0.39, 0.29) is 30.2 Å². The van der Waals surface area contributed by atoms with Crippen molar-refractivity contribution in [3.63, 3.8) is 0 Å². The summed E-state index contributed by atoms with van der Waals surface area (Å²) in [7, 11) is 0. The number of rotatable bonds is 3.